The first-order valence-electron chi connectivity index (χ1n) is 7.37. The van der Waals surface area contributed by atoms with Gasteiger partial charge in [-0.25, -0.2) is 9.97 Å². The Morgan fingerprint density at radius 3 is 3.05 bits per heavy atom. The van der Waals surface area contributed by atoms with Crippen molar-refractivity contribution in [2.75, 3.05) is 11.9 Å². The standard InChI is InChI=1S/C16H21N3O/c1-11-4-2-7-14-15(11)16(18-10-17-14)19-13-6-3-5-12(13)8-9-20/h2,4,7,10,12-13,20H,3,5-6,8-9H2,1H3,(H,17,18,19). The maximum absolute atomic E-state index is 9.17. The summed E-state index contributed by atoms with van der Waals surface area (Å²) in [5, 5.41) is 13.9. The molecule has 0 amide bonds. The summed E-state index contributed by atoms with van der Waals surface area (Å²) in [6, 6.07) is 6.56. The maximum Gasteiger partial charge on any atom is 0.137 e. The van der Waals surface area contributed by atoms with Crippen LogP contribution in [0.4, 0.5) is 5.82 Å². The Labute approximate surface area is 119 Å². The van der Waals surface area contributed by atoms with Crippen molar-refractivity contribution in [1.29, 1.82) is 0 Å². The van der Waals surface area contributed by atoms with E-state index in [-0.39, 0.29) is 6.61 Å². The maximum atomic E-state index is 9.17. The van der Waals surface area contributed by atoms with Crippen molar-refractivity contribution >= 4 is 16.7 Å². The van der Waals surface area contributed by atoms with Crippen molar-refractivity contribution in [2.45, 2.75) is 38.6 Å². The molecule has 1 saturated carbocycles. The van der Waals surface area contributed by atoms with Gasteiger partial charge in [0, 0.05) is 18.0 Å². The van der Waals surface area contributed by atoms with Gasteiger partial charge < -0.3 is 10.4 Å². The Kier molecular flexibility index (Phi) is 3.83. The number of fused-ring (bicyclic) bond motifs is 1. The monoisotopic (exact) mass is 271 g/mol. The van der Waals surface area contributed by atoms with Crippen LogP contribution in [0.1, 0.15) is 31.2 Å². The Morgan fingerprint density at radius 2 is 2.20 bits per heavy atom. The number of benzene rings is 1. The number of hydrogen-bond acceptors (Lipinski definition) is 4. The molecule has 4 nitrogen and oxygen atoms in total. The molecular weight excluding hydrogens is 250 g/mol. The minimum atomic E-state index is 0.270. The molecule has 1 aromatic heterocycles. The zero-order chi connectivity index (χ0) is 13.9. The lowest BCUT2D eigenvalue weighted by Gasteiger charge is -2.21. The number of aromatic nitrogens is 2. The van der Waals surface area contributed by atoms with E-state index in [0.29, 0.717) is 12.0 Å². The summed E-state index contributed by atoms with van der Waals surface area (Å²) < 4.78 is 0. The Morgan fingerprint density at radius 1 is 1.30 bits per heavy atom. The van der Waals surface area contributed by atoms with E-state index in [4.69, 9.17) is 0 Å². The third kappa shape index (κ3) is 2.48. The van der Waals surface area contributed by atoms with E-state index < -0.39 is 0 Å². The number of hydrogen-bond donors (Lipinski definition) is 2. The molecule has 0 bridgehead atoms. The fourth-order valence-corrected chi connectivity index (χ4v) is 3.30. The van der Waals surface area contributed by atoms with Gasteiger partial charge in [0.15, 0.2) is 0 Å². The first-order chi connectivity index (χ1) is 9.79. The van der Waals surface area contributed by atoms with Gasteiger partial charge in [0.05, 0.1) is 5.52 Å². The van der Waals surface area contributed by atoms with Gasteiger partial charge in [0.25, 0.3) is 0 Å². The molecule has 4 heteroatoms. The average Bonchev–Trinajstić information content (AvgIpc) is 2.87. The fourth-order valence-electron chi connectivity index (χ4n) is 3.30. The van der Waals surface area contributed by atoms with Crippen LogP contribution in [0.5, 0.6) is 0 Å². The lowest BCUT2D eigenvalue weighted by Crippen LogP contribution is -2.25. The lowest BCUT2D eigenvalue weighted by molar-refractivity contribution is 0.254. The van der Waals surface area contributed by atoms with Gasteiger partial charge in [-0.1, -0.05) is 18.6 Å². The minimum absolute atomic E-state index is 0.270. The molecule has 1 heterocycles. The van der Waals surface area contributed by atoms with Crippen LogP contribution in [0.2, 0.25) is 0 Å². The molecule has 0 aliphatic heterocycles. The van der Waals surface area contributed by atoms with Crippen molar-refractivity contribution in [3.05, 3.63) is 30.1 Å². The smallest absolute Gasteiger partial charge is 0.137 e. The Bertz CT molecular complexity index is 594. The molecule has 0 spiro atoms. The first-order valence-corrected chi connectivity index (χ1v) is 7.37. The van der Waals surface area contributed by atoms with Crippen molar-refractivity contribution in [2.24, 2.45) is 5.92 Å². The van der Waals surface area contributed by atoms with Crippen LogP contribution in [0.15, 0.2) is 24.5 Å². The second-order valence-corrected chi connectivity index (χ2v) is 5.65. The SMILES string of the molecule is Cc1cccc2ncnc(NC3CCCC3CCO)c12. The highest BCUT2D eigenvalue weighted by Crippen LogP contribution is 2.32. The number of rotatable bonds is 4. The normalized spacial score (nSPS) is 22.3. The predicted octanol–water partition coefficient (Wildman–Crippen LogP) is 2.90. The van der Waals surface area contributed by atoms with Gasteiger partial charge in [-0.2, -0.15) is 0 Å². The minimum Gasteiger partial charge on any atom is -0.396 e. The average molecular weight is 271 g/mol. The molecular formula is C16H21N3O. The highest BCUT2D eigenvalue weighted by atomic mass is 16.3. The van der Waals surface area contributed by atoms with Crippen LogP contribution in [0.3, 0.4) is 0 Å². The van der Waals surface area contributed by atoms with Gasteiger partial charge in [-0.3, -0.25) is 0 Å². The van der Waals surface area contributed by atoms with Crippen LogP contribution >= 0.6 is 0 Å². The first kappa shape index (κ1) is 13.3. The van der Waals surface area contributed by atoms with Gasteiger partial charge in [-0.15, -0.1) is 0 Å². The van der Waals surface area contributed by atoms with E-state index in [2.05, 4.69) is 28.3 Å². The van der Waals surface area contributed by atoms with Gasteiger partial charge >= 0.3 is 0 Å². The molecule has 106 valence electrons. The van der Waals surface area contributed by atoms with Gasteiger partial charge in [0.2, 0.25) is 0 Å². The molecule has 20 heavy (non-hydrogen) atoms. The second-order valence-electron chi connectivity index (χ2n) is 5.65. The molecule has 0 saturated heterocycles. The topological polar surface area (TPSA) is 58.0 Å². The molecule has 1 fully saturated rings. The number of aryl methyl sites for hydroxylation is 1. The zero-order valence-corrected chi connectivity index (χ0v) is 11.8. The molecule has 0 radical (unpaired) electrons. The van der Waals surface area contributed by atoms with Gasteiger partial charge in [0.1, 0.15) is 12.1 Å². The van der Waals surface area contributed by atoms with Crippen molar-refractivity contribution in [3.8, 4) is 0 Å². The third-order valence-electron chi connectivity index (χ3n) is 4.35. The fraction of sp³-hybridized carbons (Fsp3) is 0.500. The van der Waals surface area contributed by atoms with E-state index >= 15 is 0 Å². The van der Waals surface area contributed by atoms with Crippen LogP contribution in [0.25, 0.3) is 10.9 Å². The second kappa shape index (κ2) is 5.75. The summed E-state index contributed by atoms with van der Waals surface area (Å²) >= 11 is 0. The molecule has 1 aliphatic rings. The lowest BCUT2D eigenvalue weighted by atomic mass is 9.99. The van der Waals surface area contributed by atoms with Crippen molar-refractivity contribution in [3.63, 3.8) is 0 Å². The molecule has 2 atom stereocenters. The third-order valence-corrected chi connectivity index (χ3v) is 4.35. The summed E-state index contributed by atoms with van der Waals surface area (Å²) in [4.78, 5) is 8.78. The van der Waals surface area contributed by atoms with Crippen molar-refractivity contribution < 1.29 is 5.11 Å². The van der Waals surface area contributed by atoms with E-state index in [9.17, 15) is 5.11 Å². The quantitative estimate of drug-likeness (QED) is 0.897. The van der Waals surface area contributed by atoms with Crippen LogP contribution < -0.4 is 5.32 Å². The molecule has 2 unspecified atom stereocenters. The summed E-state index contributed by atoms with van der Waals surface area (Å²) in [7, 11) is 0. The highest BCUT2D eigenvalue weighted by Gasteiger charge is 2.27. The predicted molar refractivity (Wildman–Crippen MR) is 80.7 cm³/mol. The number of aliphatic hydroxyl groups is 1. The summed E-state index contributed by atoms with van der Waals surface area (Å²) in [6.45, 7) is 2.36. The Hall–Kier alpha value is -1.68. The molecule has 1 aromatic carbocycles. The van der Waals surface area contributed by atoms with Crippen molar-refractivity contribution in [1.82, 2.24) is 9.97 Å². The zero-order valence-electron chi connectivity index (χ0n) is 11.8. The largest absolute Gasteiger partial charge is 0.396 e. The number of nitrogens with zero attached hydrogens (tertiary/aromatic N) is 2. The summed E-state index contributed by atoms with van der Waals surface area (Å²) in [5.41, 5.74) is 2.18. The van der Waals surface area contributed by atoms with Crippen LogP contribution in [-0.4, -0.2) is 27.7 Å². The molecule has 2 aromatic rings. The molecule has 2 N–H and O–H groups in total. The van der Waals surface area contributed by atoms with Crippen LogP contribution in [-0.2, 0) is 0 Å². The summed E-state index contributed by atoms with van der Waals surface area (Å²) in [5.74, 6) is 1.48. The van der Waals surface area contributed by atoms with E-state index in [0.717, 1.165) is 29.6 Å². The number of nitrogens with one attached hydrogen (secondary N) is 1. The summed E-state index contributed by atoms with van der Waals surface area (Å²) in [6.07, 6.45) is 6.08. The number of aliphatic hydroxyl groups excluding tert-OH is 1. The highest BCUT2D eigenvalue weighted by molar-refractivity contribution is 5.91. The number of anilines is 1. The molecule has 1 aliphatic carbocycles. The van der Waals surface area contributed by atoms with E-state index in [1.54, 1.807) is 6.33 Å². The van der Waals surface area contributed by atoms with Gasteiger partial charge in [-0.05, 0) is 43.7 Å². The van der Waals surface area contributed by atoms with Crippen LogP contribution in [0, 0.1) is 12.8 Å². The Balaban J connectivity index is 1.91. The van der Waals surface area contributed by atoms with E-state index in [1.807, 2.05) is 12.1 Å². The van der Waals surface area contributed by atoms with E-state index in [1.165, 1.54) is 18.4 Å². The molecule has 3 rings (SSSR count).